The highest BCUT2D eigenvalue weighted by atomic mass is 16.4. The molecular formula is C16H31N7O6. The van der Waals surface area contributed by atoms with Crippen LogP contribution < -0.4 is 33.2 Å². The number of nitrogens with zero attached hydrogens (tertiary/aromatic N) is 1. The van der Waals surface area contributed by atoms with Crippen molar-refractivity contribution in [1.82, 2.24) is 16.0 Å². The van der Waals surface area contributed by atoms with Crippen molar-refractivity contribution >= 4 is 29.7 Å². The summed E-state index contributed by atoms with van der Waals surface area (Å²) >= 11 is 0. The third-order valence-corrected chi connectivity index (χ3v) is 3.84. The van der Waals surface area contributed by atoms with Gasteiger partial charge in [0.15, 0.2) is 5.96 Å². The molecule has 3 amide bonds. The Morgan fingerprint density at radius 3 is 2.14 bits per heavy atom. The summed E-state index contributed by atoms with van der Waals surface area (Å²) in [6.45, 7) is 2.39. The van der Waals surface area contributed by atoms with Crippen LogP contribution in [0.4, 0.5) is 0 Å². The van der Waals surface area contributed by atoms with Crippen molar-refractivity contribution in [2.45, 2.75) is 44.8 Å². The van der Waals surface area contributed by atoms with Crippen LogP contribution >= 0.6 is 0 Å². The lowest BCUT2D eigenvalue weighted by Crippen LogP contribution is -2.54. The molecule has 3 unspecified atom stereocenters. The maximum Gasteiger partial charge on any atom is 0.328 e. The van der Waals surface area contributed by atoms with Gasteiger partial charge in [-0.2, -0.15) is 0 Å². The second-order valence-corrected chi connectivity index (χ2v) is 6.64. The normalized spacial score (nSPS) is 13.7. The highest BCUT2D eigenvalue weighted by Gasteiger charge is 2.26. The second kappa shape index (κ2) is 13.3. The first-order valence-electron chi connectivity index (χ1n) is 9.01. The van der Waals surface area contributed by atoms with Gasteiger partial charge in [-0.25, -0.2) is 4.79 Å². The quantitative estimate of drug-likeness (QED) is 0.0831. The summed E-state index contributed by atoms with van der Waals surface area (Å²) in [5, 5.41) is 24.6. The molecular weight excluding hydrogens is 386 g/mol. The summed E-state index contributed by atoms with van der Waals surface area (Å²) in [6, 6.07) is -3.31. The first-order valence-corrected chi connectivity index (χ1v) is 9.01. The van der Waals surface area contributed by atoms with Crippen molar-refractivity contribution in [3.8, 4) is 0 Å². The maximum absolute atomic E-state index is 12.4. The minimum Gasteiger partial charge on any atom is -0.480 e. The highest BCUT2D eigenvalue weighted by molar-refractivity contribution is 5.92. The number of rotatable bonds is 13. The Bertz CT molecular complexity index is 607. The van der Waals surface area contributed by atoms with Crippen LogP contribution in [-0.4, -0.2) is 77.7 Å². The van der Waals surface area contributed by atoms with Gasteiger partial charge in [-0.1, -0.05) is 13.8 Å². The molecule has 0 aromatic heterocycles. The van der Waals surface area contributed by atoms with E-state index in [1.54, 1.807) is 13.8 Å². The summed E-state index contributed by atoms with van der Waals surface area (Å²) < 4.78 is 0. The fourth-order valence-corrected chi connectivity index (χ4v) is 2.06. The third-order valence-electron chi connectivity index (χ3n) is 3.84. The van der Waals surface area contributed by atoms with Gasteiger partial charge in [0, 0.05) is 6.54 Å². The Kier molecular flexibility index (Phi) is 11.9. The fraction of sp³-hybridized carbons (Fsp3) is 0.688. The third kappa shape index (κ3) is 10.8. The minimum atomic E-state index is -1.49. The van der Waals surface area contributed by atoms with E-state index in [-0.39, 0.29) is 24.8 Å². The molecule has 0 aliphatic carbocycles. The van der Waals surface area contributed by atoms with Crippen LogP contribution in [0.25, 0.3) is 0 Å². The van der Waals surface area contributed by atoms with Crippen molar-refractivity contribution in [3.63, 3.8) is 0 Å². The van der Waals surface area contributed by atoms with E-state index >= 15 is 0 Å². The van der Waals surface area contributed by atoms with Crippen molar-refractivity contribution < 1.29 is 29.4 Å². The average Bonchev–Trinajstić information content (AvgIpc) is 2.64. The molecule has 0 bridgehead atoms. The van der Waals surface area contributed by atoms with Crippen molar-refractivity contribution in [2.24, 2.45) is 28.1 Å². The molecule has 0 heterocycles. The van der Waals surface area contributed by atoms with Gasteiger partial charge in [0.1, 0.15) is 12.1 Å². The molecule has 13 nitrogen and oxygen atoms in total. The van der Waals surface area contributed by atoms with Gasteiger partial charge in [0.05, 0.1) is 19.2 Å². The van der Waals surface area contributed by atoms with E-state index in [9.17, 15) is 19.2 Å². The average molecular weight is 417 g/mol. The lowest BCUT2D eigenvalue weighted by molar-refractivity contribution is -0.142. The van der Waals surface area contributed by atoms with Crippen molar-refractivity contribution in [3.05, 3.63) is 0 Å². The van der Waals surface area contributed by atoms with E-state index in [1.807, 2.05) is 5.32 Å². The van der Waals surface area contributed by atoms with Gasteiger partial charge < -0.3 is 43.4 Å². The van der Waals surface area contributed by atoms with Gasteiger partial charge in [0.2, 0.25) is 17.7 Å². The monoisotopic (exact) mass is 417 g/mol. The Balaban J connectivity index is 4.89. The van der Waals surface area contributed by atoms with Crippen molar-refractivity contribution in [1.29, 1.82) is 0 Å². The molecule has 0 spiro atoms. The van der Waals surface area contributed by atoms with E-state index in [1.165, 1.54) is 0 Å². The molecule has 0 aromatic rings. The number of aliphatic carboxylic acids is 1. The molecule has 0 aromatic carbocycles. The summed E-state index contributed by atoms with van der Waals surface area (Å²) in [4.78, 5) is 50.9. The summed E-state index contributed by atoms with van der Waals surface area (Å²) in [5.41, 5.74) is 16.3. The highest BCUT2D eigenvalue weighted by Crippen LogP contribution is 2.03. The van der Waals surface area contributed by atoms with Crippen LogP contribution in [0.15, 0.2) is 4.99 Å². The summed E-state index contributed by atoms with van der Waals surface area (Å²) in [5.74, 6) is -3.69. The second-order valence-electron chi connectivity index (χ2n) is 6.64. The lowest BCUT2D eigenvalue weighted by atomic mass is 10.0. The zero-order chi connectivity index (χ0) is 22.6. The number of nitrogens with one attached hydrogen (secondary N) is 3. The van der Waals surface area contributed by atoms with Crippen molar-refractivity contribution in [2.75, 3.05) is 19.7 Å². The maximum atomic E-state index is 12.4. The molecule has 0 aliphatic rings. The first-order chi connectivity index (χ1) is 13.5. The summed E-state index contributed by atoms with van der Waals surface area (Å²) in [7, 11) is 0. The number of amides is 3. The molecule has 166 valence electrons. The van der Waals surface area contributed by atoms with Crippen LogP contribution in [0.5, 0.6) is 0 Å². The van der Waals surface area contributed by atoms with Crippen LogP contribution in [-0.2, 0) is 19.2 Å². The Hall–Kier alpha value is -2.93. The van der Waals surface area contributed by atoms with E-state index in [0.717, 1.165) is 0 Å². The number of carbonyl (C=O) groups is 4. The van der Waals surface area contributed by atoms with Gasteiger partial charge in [0.25, 0.3) is 0 Å². The number of carboxylic acids is 1. The Labute approximate surface area is 168 Å². The zero-order valence-electron chi connectivity index (χ0n) is 16.6. The SMILES string of the molecule is CC(C)C(N)C(=O)NC(CCCN=C(N)N)C(=O)NCC(=O)NC(CO)C(=O)O. The molecule has 0 aliphatic heterocycles. The molecule has 13 heteroatoms. The largest absolute Gasteiger partial charge is 0.480 e. The van der Waals surface area contributed by atoms with Gasteiger partial charge >= 0.3 is 5.97 Å². The van der Waals surface area contributed by atoms with E-state index in [2.05, 4.69) is 15.6 Å². The number of carboxylic acid groups (broad SMARTS) is 1. The predicted octanol–water partition coefficient (Wildman–Crippen LogP) is -3.81. The summed E-state index contributed by atoms with van der Waals surface area (Å²) in [6.07, 6.45) is 0.542. The Morgan fingerprint density at radius 1 is 1.03 bits per heavy atom. The molecule has 11 N–H and O–H groups in total. The van der Waals surface area contributed by atoms with Crippen LogP contribution in [0.1, 0.15) is 26.7 Å². The van der Waals surface area contributed by atoms with Gasteiger partial charge in [-0.3, -0.25) is 19.4 Å². The van der Waals surface area contributed by atoms with Gasteiger partial charge in [-0.05, 0) is 18.8 Å². The molecule has 3 atom stereocenters. The molecule has 0 rings (SSSR count). The fourth-order valence-electron chi connectivity index (χ4n) is 2.06. The number of carbonyl (C=O) groups excluding carboxylic acids is 3. The lowest BCUT2D eigenvalue weighted by Gasteiger charge is -2.22. The molecule has 29 heavy (non-hydrogen) atoms. The first kappa shape index (κ1) is 26.1. The number of aliphatic hydroxyl groups is 1. The topological polar surface area (TPSA) is 235 Å². The zero-order valence-corrected chi connectivity index (χ0v) is 16.6. The smallest absolute Gasteiger partial charge is 0.328 e. The number of guanidine groups is 1. The number of aliphatic imine (C=N–C) groups is 1. The van der Waals surface area contributed by atoms with E-state index < -0.39 is 55.0 Å². The molecule has 0 fully saturated rings. The molecule has 0 radical (unpaired) electrons. The standard InChI is InChI=1S/C16H31N7O6/c1-8(2)12(17)14(27)23-9(4-3-5-20-16(18)19)13(26)21-6-11(25)22-10(7-24)15(28)29/h8-10,12,24H,3-7,17H2,1-2H3,(H,21,26)(H,22,25)(H,23,27)(H,28,29)(H4,18,19,20). The number of hydrogen-bond acceptors (Lipinski definition) is 7. The van der Waals surface area contributed by atoms with E-state index in [4.69, 9.17) is 27.4 Å². The van der Waals surface area contributed by atoms with Crippen LogP contribution in [0.2, 0.25) is 0 Å². The molecule has 0 saturated heterocycles. The molecule has 0 saturated carbocycles. The number of nitrogens with two attached hydrogens (primary N) is 3. The predicted molar refractivity (Wildman–Crippen MR) is 104 cm³/mol. The van der Waals surface area contributed by atoms with Crippen LogP contribution in [0.3, 0.4) is 0 Å². The van der Waals surface area contributed by atoms with Gasteiger partial charge in [-0.15, -0.1) is 0 Å². The Morgan fingerprint density at radius 2 is 1.66 bits per heavy atom. The number of hydrogen-bond donors (Lipinski definition) is 8. The minimum absolute atomic E-state index is 0.106. The van der Waals surface area contributed by atoms with Crippen LogP contribution in [0, 0.1) is 5.92 Å². The van der Waals surface area contributed by atoms with E-state index in [0.29, 0.717) is 6.42 Å². The number of aliphatic hydroxyl groups excluding tert-OH is 1.